The summed E-state index contributed by atoms with van der Waals surface area (Å²) in [4.78, 5) is 10.2. The summed E-state index contributed by atoms with van der Waals surface area (Å²) < 4.78 is 0. The summed E-state index contributed by atoms with van der Waals surface area (Å²) in [5, 5.41) is 0. The standard InChI is InChI=1S/C7H10O/c8-4-7-5-2-1-3-6(5)7/h4-7H,1-3H2/t5-,6+,7?. The maximum absolute atomic E-state index is 10.2. The van der Waals surface area contributed by atoms with E-state index in [4.69, 9.17) is 0 Å². The molecule has 0 amide bonds. The highest BCUT2D eigenvalue weighted by atomic mass is 16.1. The van der Waals surface area contributed by atoms with E-state index >= 15 is 0 Å². The molecule has 2 aliphatic carbocycles. The fourth-order valence-electron chi connectivity index (χ4n) is 2.08. The Kier molecular flexibility index (Phi) is 0.758. The number of rotatable bonds is 1. The van der Waals surface area contributed by atoms with Crippen molar-refractivity contribution in [3.05, 3.63) is 0 Å². The summed E-state index contributed by atoms with van der Waals surface area (Å²) >= 11 is 0. The Morgan fingerprint density at radius 1 is 1.25 bits per heavy atom. The second-order valence-electron chi connectivity index (χ2n) is 2.97. The van der Waals surface area contributed by atoms with E-state index in [-0.39, 0.29) is 0 Å². The average Bonchev–Trinajstić information content (AvgIpc) is 2.22. The van der Waals surface area contributed by atoms with Crippen LogP contribution in [0.1, 0.15) is 19.3 Å². The number of fused-ring (bicyclic) bond motifs is 1. The Morgan fingerprint density at radius 2 is 1.88 bits per heavy atom. The van der Waals surface area contributed by atoms with Crippen LogP contribution in [-0.4, -0.2) is 6.29 Å². The molecule has 0 aliphatic heterocycles. The van der Waals surface area contributed by atoms with Crippen LogP contribution in [0.5, 0.6) is 0 Å². The van der Waals surface area contributed by atoms with Gasteiger partial charge in [0, 0.05) is 5.92 Å². The van der Waals surface area contributed by atoms with E-state index < -0.39 is 0 Å². The maximum Gasteiger partial charge on any atom is 0.123 e. The molecule has 2 saturated carbocycles. The summed E-state index contributed by atoms with van der Waals surface area (Å²) in [5.74, 6) is 2.14. The van der Waals surface area contributed by atoms with Gasteiger partial charge in [-0.2, -0.15) is 0 Å². The third kappa shape index (κ3) is 0.396. The molecule has 2 aliphatic rings. The van der Waals surface area contributed by atoms with Crippen molar-refractivity contribution in [3.63, 3.8) is 0 Å². The van der Waals surface area contributed by atoms with Crippen LogP contribution in [0.3, 0.4) is 0 Å². The average molecular weight is 110 g/mol. The third-order valence-corrected chi connectivity index (χ3v) is 2.63. The molecule has 1 heteroatoms. The van der Waals surface area contributed by atoms with Gasteiger partial charge in [0.05, 0.1) is 0 Å². The predicted molar refractivity (Wildman–Crippen MR) is 30.4 cm³/mol. The van der Waals surface area contributed by atoms with Crippen LogP contribution >= 0.6 is 0 Å². The lowest BCUT2D eigenvalue weighted by atomic mass is 10.2. The number of hydrogen-bond acceptors (Lipinski definition) is 1. The number of carbonyl (C=O) groups excluding carboxylic acids is 1. The summed E-state index contributed by atoms with van der Waals surface area (Å²) in [5.41, 5.74) is 0. The second kappa shape index (κ2) is 1.34. The van der Waals surface area contributed by atoms with Crippen LogP contribution < -0.4 is 0 Å². The van der Waals surface area contributed by atoms with E-state index in [0.717, 1.165) is 18.1 Å². The number of aldehydes is 1. The van der Waals surface area contributed by atoms with E-state index in [1.807, 2.05) is 0 Å². The Hall–Kier alpha value is -0.330. The minimum atomic E-state index is 0.490. The SMILES string of the molecule is O=CC1[C@H]2CCC[C@@H]12. The van der Waals surface area contributed by atoms with Crippen LogP contribution in [0.4, 0.5) is 0 Å². The zero-order valence-electron chi connectivity index (χ0n) is 4.84. The monoisotopic (exact) mass is 110 g/mol. The highest BCUT2D eigenvalue weighted by Gasteiger charge is 2.52. The molecule has 0 bridgehead atoms. The molecular weight excluding hydrogens is 100 g/mol. The minimum Gasteiger partial charge on any atom is -0.303 e. The molecule has 0 N–H and O–H groups in total. The van der Waals surface area contributed by atoms with Gasteiger partial charge in [0.2, 0.25) is 0 Å². The summed E-state index contributed by atoms with van der Waals surface area (Å²) in [6.07, 6.45) is 5.18. The summed E-state index contributed by atoms with van der Waals surface area (Å²) in [6.45, 7) is 0. The lowest BCUT2D eigenvalue weighted by molar-refractivity contribution is -0.109. The predicted octanol–water partition coefficient (Wildman–Crippen LogP) is 1.23. The molecule has 0 saturated heterocycles. The van der Waals surface area contributed by atoms with Gasteiger partial charge in [-0.25, -0.2) is 0 Å². The molecule has 8 heavy (non-hydrogen) atoms. The Morgan fingerprint density at radius 3 is 2.25 bits per heavy atom. The van der Waals surface area contributed by atoms with Crippen molar-refractivity contribution in [3.8, 4) is 0 Å². The van der Waals surface area contributed by atoms with Crippen LogP contribution in [0, 0.1) is 17.8 Å². The molecule has 2 fully saturated rings. The number of carbonyl (C=O) groups is 1. The van der Waals surface area contributed by atoms with E-state index in [2.05, 4.69) is 0 Å². The van der Waals surface area contributed by atoms with Crippen molar-refractivity contribution in [2.24, 2.45) is 17.8 Å². The number of hydrogen-bond donors (Lipinski definition) is 0. The highest BCUT2D eigenvalue weighted by Crippen LogP contribution is 2.56. The minimum absolute atomic E-state index is 0.490. The van der Waals surface area contributed by atoms with Crippen LogP contribution in [0.15, 0.2) is 0 Å². The molecule has 3 atom stereocenters. The summed E-state index contributed by atoms with van der Waals surface area (Å²) in [6, 6.07) is 0. The molecule has 0 spiro atoms. The van der Waals surface area contributed by atoms with Gasteiger partial charge in [0.1, 0.15) is 6.29 Å². The van der Waals surface area contributed by atoms with Gasteiger partial charge >= 0.3 is 0 Å². The lowest BCUT2D eigenvalue weighted by Crippen LogP contribution is -1.86. The van der Waals surface area contributed by atoms with Gasteiger partial charge in [-0.1, -0.05) is 6.42 Å². The van der Waals surface area contributed by atoms with Gasteiger partial charge in [0.25, 0.3) is 0 Å². The van der Waals surface area contributed by atoms with E-state index in [0.29, 0.717) is 5.92 Å². The molecule has 2 rings (SSSR count). The van der Waals surface area contributed by atoms with Crippen molar-refractivity contribution in [2.75, 3.05) is 0 Å². The van der Waals surface area contributed by atoms with Crippen molar-refractivity contribution in [1.29, 1.82) is 0 Å². The van der Waals surface area contributed by atoms with Gasteiger partial charge in [0.15, 0.2) is 0 Å². The quantitative estimate of drug-likeness (QED) is 0.464. The van der Waals surface area contributed by atoms with Gasteiger partial charge in [-0.05, 0) is 24.7 Å². The van der Waals surface area contributed by atoms with Crippen molar-refractivity contribution >= 4 is 6.29 Å². The first-order valence-electron chi connectivity index (χ1n) is 3.39. The normalized spacial score (nSPS) is 50.8. The molecule has 0 aromatic rings. The Balaban J connectivity index is 2.03. The van der Waals surface area contributed by atoms with Gasteiger partial charge in [-0.15, -0.1) is 0 Å². The first-order valence-corrected chi connectivity index (χ1v) is 3.39. The highest BCUT2D eigenvalue weighted by molar-refractivity contribution is 5.59. The maximum atomic E-state index is 10.2. The molecule has 0 aromatic carbocycles. The van der Waals surface area contributed by atoms with Crippen molar-refractivity contribution in [2.45, 2.75) is 19.3 Å². The molecular formula is C7H10O. The fourth-order valence-corrected chi connectivity index (χ4v) is 2.08. The van der Waals surface area contributed by atoms with E-state index in [9.17, 15) is 4.79 Å². The Labute approximate surface area is 49.1 Å². The first-order chi connectivity index (χ1) is 3.93. The molecule has 0 radical (unpaired) electrons. The first kappa shape index (κ1) is 4.54. The van der Waals surface area contributed by atoms with Gasteiger partial charge in [-0.3, -0.25) is 0 Å². The third-order valence-electron chi connectivity index (χ3n) is 2.63. The molecule has 0 aromatic heterocycles. The van der Waals surface area contributed by atoms with E-state index in [1.165, 1.54) is 19.3 Å². The van der Waals surface area contributed by atoms with Crippen molar-refractivity contribution < 1.29 is 4.79 Å². The molecule has 0 heterocycles. The van der Waals surface area contributed by atoms with Crippen LogP contribution in [0.25, 0.3) is 0 Å². The molecule has 1 unspecified atom stereocenters. The smallest absolute Gasteiger partial charge is 0.123 e. The van der Waals surface area contributed by atoms with E-state index in [1.54, 1.807) is 0 Å². The molecule has 44 valence electrons. The van der Waals surface area contributed by atoms with Crippen LogP contribution in [-0.2, 0) is 4.79 Å². The summed E-state index contributed by atoms with van der Waals surface area (Å²) in [7, 11) is 0. The van der Waals surface area contributed by atoms with Crippen LogP contribution in [0.2, 0.25) is 0 Å². The van der Waals surface area contributed by atoms with Gasteiger partial charge < -0.3 is 4.79 Å². The Bertz CT molecular complexity index is 110. The fraction of sp³-hybridized carbons (Fsp3) is 0.857. The zero-order chi connectivity index (χ0) is 5.56. The second-order valence-corrected chi connectivity index (χ2v) is 2.97. The lowest BCUT2D eigenvalue weighted by Gasteiger charge is -1.89. The largest absolute Gasteiger partial charge is 0.303 e. The molecule has 1 nitrogen and oxygen atoms in total. The zero-order valence-corrected chi connectivity index (χ0v) is 4.84. The topological polar surface area (TPSA) is 17.1 Å². The van der Waals surface area contributed by atoms with Crippen molar-refractivity contribution in [1.82, 2.24) is 0 Å².